The standard InChI is InChI=1S/C19H33N3O7S/c1-19(2,3)29-18(23)21-8-10-27-12-13-28-11-9-22(4)30(24,25)15-6-7-16(20)17(14-15)26-5/h6-7,14H,8-13,20H2,1-5H3,(H,21,23). The Bertz CT molecular complexity index is 779. The van der Waals surface area contributed by atoms with Crippen molar-refractivity contribution in [3.63, 3.8) is 0 Å². The first-order chi connectivity index (χ1) is 14.0. The van der Waals surface area contributed by atoms with Gasteiger partial charge in [-0.25, -0.2) is 13.2 Å². The number of nitrogen functional groups attached to an aromatic ring is 1. The Morgan fingerprint density at radius 3 is 2.37 bits per heavy atom. The van der Waals surface area contributed by atoms with E-state index >= 15 is 0 Å². The first kappa shape index (κ1) is 26.0. The number of anilines is 1. The maximum Gasteiger partial charge on any atom is 0.407 e. The number of amides is 1. The minimum Gasteiger partial charge on any atom is -0.495 e. The van der Waals surface area contributed by atoms with Crippen LogP contribution in [0.2, 0.25) is 0 Å². The van der Waals surface area contributed by atoms with Crippen molar-refractivity contribution in [2.24, 2.45) is 0 Å². The number of nitrogens with two attached hydrogens (primary N) is 1. The fourth-order valence-electron chi connectivity index (χ4n) is 2.21. The second-order valence-electron chi connectivity index (χ2n) is 7.38. The number of alkyl carbamates (subject to hydrolysis) is 1. The van der Waals surface area contributed by atoms with Crippen LogP contribution in [0, 0.1) is 0 Å². The van der Waals surface area contributed by atoms with Crippen LogP contribution in [-0.4, -0.2) is 78.1 Å². The second-order valence-corrected chi connectivity index (χ2v) is 9.43. The molecule has 0 heterocycles. The van der Waals surface area contributed by atoms with Gasteiger partial charge in [0, 0.05) is 26.2 Å². The molecular weight excluding hydrogens is 414 g/mol. The molecule has 0 atom stereocenters. The second kappa shape index (κ2) is 11.9. The third kappa shape index (κ3) is 9.16. The van der Waals surface area contributed by atoms with Gasteiger partial charge in [-0.3, -0.25) is 0 Å². The van der Waals surface area contributed by atoms with Crippen LogP contribution in [0.25, 0.3) is 0 Å². The van der Waals surface area contributed by atoms with E-state index in [0.29, 0.717) is 37.8 Å². The highest BCUT2D eigenvalue weighted by Gasteiger charge is 2.21. The van der Waals surface area contributed by atoms with Crippen LogP contribution in [0.5, 0.6) is 5.75 Å². The highest BCUT2D eigenvalue weighted by molar-refractivity contribution is 7.89. The third-order valence-electron chi connectivity index (χ3n) is 3.75. The largest absolute Gasteiger partial charge is 0.495 e. The maximum atomic E-state index is 12.6. The molecule has 1 aromatic carbocycles. The molecule has 0 fully saturated rings. The van der Waals surface area contributed by atoms with Crippen molar-refractivity contribution in [1.29, 1.82) is 0 Å². The van der Waals surface area contributed by atoms with E-state index in [4.69, 9.17) is 24.7 Å². The molecule has 0 spiro atoms. The van der Waals surface area contributed by atoms with E-state index < -0.39 is 21.7 Å². The molecule has 0 radical (unpaired) electrons. The first-order valence-corrected chi connectivity index (χ1v) is 10.9. The number of hydrogen-bond donors (Lipinski definition) is 2. The summed E-state index contributed by atoms with van der Waals surface area (Å²) in [5.74, 6) is 0.305. The lowest BCUT2D eigenvalue weighted by atomic mass is 10.2. The normalized spacial score (nSPS) is 12.1. The molecule has 10 nitrogen and oxygen atoms in total. The Morgan fingerprint density at radius 2 is 1.77 bits per heavy atom. The number of likely N-dealkylation sites (N-methyl/N-ethyl adjacent to an activating group) is 1. The Balaban J connectivity index is 2.23. The van der Waals surface area contributed by atoms with Crippen molar-refractivity contribution in [2.45, 2.75) is 31.3 Å². The average molecular weight is 448 g/mol. The van der Waals surface area contributed by atoms with Crippen molar-refractivity contribution in [2.75, 3.05) is 59.4 Å². The number of sulfonamides is 1. The van der Waals surface area contributed by atoms with E-state index in [1.807, 2.05) is 0 Å². The Morgan fingerprint density at radius 1 is 1.13 bits per heavy atom. The molecule has 1 amide bonds. The van der Waals surface area contributed by atoms with E-state index in [2.05, 4.69) is 5.32 Å². The van der Waals surface area contributed by atoms with Gasteiger partial charge in [0.2, 0.25) is 10.0 Å². The Kier molecular flexibility index (Phi) is 10.3. The van der Waals surface area contributed by atoms with Gasteiger partial charge in [-0.1, -0.05) is 0 Å². The van der Waals surface area contributed by atoms with Crippen LogP contribution in [0.3, 0.4) is 0 Å². The van der Waals surface area contributed by atoms with Gasteiger partial charge in [0.15, 0.2) is 0 Å². The van der Waals surface area contributed by atoms with Crippen molar-refractivity contribution in [3.8, 4) is 5.75 Å². The molecule has 0 saturated carbocycles. The number of hydrogen-bond acceptors (Lipinski definition) is 8. The molecule has 0 aliphatic carbocycles. The highest BCUT2D eigenvalue weighted by atomic mass is 32.2. The van der Waals surface area contributed by atoms with Crippen molar-refractivity contribution < 1.29 is 32.2 Å². The summed E-state index contributed by atoms with van der Waals surface area (Å²) >= 11 is 0. The van der Waals surface area contributed by atoms with Crippen LogP contribution in [0.4, 0.5) is 10.5 Å². The lowest BCUT2D eigenvalue weighted by molar-refractivity contribution is 0.0386. The van der Waals surface area contributed by atoms with Gasteiger partial charge in [0.05, 0.1) is 44.1 Å². The Labute approximate surface area is 178 Å². The molecule has 0 aliphatic heterocycles. The van der Waals surface area contributed by atoms with E-state index in [1.54, 1.807) is 20.8 Å². The molecule has 0 aliphatic rings. The van der Waals surface area contributed by atoms with Crippen molar-refractivity contribution in [3.05, 3.63) is 18.2 Å². The molecular formula is C19H33N3O7S. The fourth-order valence-corrected chi connectivity index (χ4v) is 3.38. The zero-order valence-corrected chi connectivity index (χ0v) is 19.1. The first-order valence-electron chi connectivity index (χ1n) is 9.49. The molecule has 3 N–H and O–H groups in total. The Hall–Kier alpha value is -2.08. The predicted octanol–water partition coefficient (Wildman–Crippen LogP) is 1.46. The average Bonchev–Trinajstić information content (AvgIpc) is 2.65. The summed E-state index contributed by atoms with van der Waals surface area (Å²) in [4.78, 5) is 11.5. The van der Waals surface area contributed by atoms with Gasteiger partial charge in [-0.15, -0.1) is 0 Å². The number of nitrogens with one attached hydrogen (secondary N) is 1. The molecule has 1 rings (SSSR count). The number of rotatable bonds is 12. The van der Waals surface area contributed by atoms with E-state index in [1.165, 1.54) is 36.7 Å². The summed E-state index contributed by atoms with van der Waals surface area (Å²) in [6.07, 6.45) is -0.495. The maximum absolute atomic E-state index is 12.6. The van der Waals surface area contributed by atoms with Gasteiger partial charge in [-0.2, -0.15) is 4.31 Å². The van der Waals surface area contributed by atoms with Gasteiger partial charge >= 0.3 is 6.09 Å². The summed E-state index contributed by atoms with van der Waals surface area (Å²) in [5, 5.41) is 2.58. The van der Waals surface area contributed by atoms with Crippen molar-refractivity contribution in [1.82, 2.24) is 9.62 Å². The predicted molar refractivity (Wildman–Crippen MR) is 113 cm³/mol. The number of ether oxygens (including phenoxy) is 4. The highest BCUT2D eigenvalue weighted by Crippen LogP contribution is 2.26. The summed E-state index contributed by atoms with van der Waals surface area (Å²) in [5.41, 5.74) is 5.55. The molecule has 172 valence electrons. The fraction of sp³-hybridized carbons (Fsp3) is 0.632. The number of carbonyl (C=O) groups is 1. The zero-order chi connectivity index (χ0) is 22.8. The van der Waals surface area contributed by atoms with Gasteiger partial charge < -0.3 is 30.0 Å². The molecule has 30 heavy (non-hydrogen) atoms. The summed E-state index contributed by atoms with van der Waals surface area (Å²) in [6.45, 7) is 7.01. The monoisotopic (exact) mass is 447 g/mol. The lowest BCUT2D eigenvalue weighted by Crippen LogP contribution is -2.34. The van der Waals surface area contributed by atoms with Crippen LogP contribution in [-0.2, 0) is 24.2 Å². The quantitative estimate of drug-likeness (QED) is 0.364. The molecule has 0 saturated heterocycles. The van der Waals surface area contributed by atoms with Crippen LogP contribution < -0.4 is 15.8 Å². The smallest absolute Gasteiger partial charge is 0.407 e. The zero-order valence-electron chi connectivity index (χ0n) is 18.3. The number of benzene rings is 1. The van der Waals surface area contributed by atoms with Gasteiger partial charge in [0.1, 0.15) is 11.4 Å². The minimum atomic E-state index is -3.68. The van der Waals surface area contributed by atoms with E-state index in [-0.39, 0.29) is 18.0 Å². The van der Waals surface area contributed by atoms with Gasteiger partial charge in [-0.05, 0) is 32.9 Å². The number of carbonyl (C=O) groups excluding carboxylic acids is 1. The number of nitrogens with zero attached hydrogens (tertiary/aromatic N) is 1. The SMILES string of the molecule is COc1cc(S(=O)(=O)N(C)CCOCCOCCNC(=O)OC(C)(C)C)ccc1N. The molecule has 1 aromatic rings. The summed E-state index contributed by atoms with van der Waals surface area (Å²) < 4.78 is 47.3. The van der Waals surface area contributed by atoms with Crippen molar-refractivity contribution >= 4 is 21.8 Å². The molecule has 0 unspecified atom stereocenters. The van der Waals surface area contributed by atoms with E-state index in [0.717, 1.165) is 0 Å². The molecule has 0 aromatic heterocycles. The lowest BCUT2D eigenvalue weighted by Gasteiger charge is -2.19. The number of methoxy groups -OCH3 is 1. The minimum absolute atomic E-state index is 0.0943. The van der Waals surface area contributed by atoms with Gasteiger partial charge in [0.25, 0.3) is 0 Å². The summed E-state index contributed by atoms with van der Waals surface area (Å²) in [6, 6.07) is 4.32. The van der Waals surface area contributed by atoms with Crippen LogP contribution in [0.15, 0.2) is 23.1 Å². The van der Waals surface area contributed by atoms with Crippen LogP contribution in [0.1, 0.15) is 20.8 Å². The summed E-state index contributed by atoms with van der Waals surface area (Å²) in [7, 11) is -0.781. The molecule has 11 heteroatoms. The third-order valence-corrected chi connectivity index (χ3v) is 5.60. The van der Waals surface area contributed by atoms with E-state index in [9.17, 15) is 13.2 Å². The molecule has 0 bridgehead atoms. The topological polar surface area (TPSA) is 129 Å². The van der Waals surface area contributed by atoms with Crippen LogP contribution >= 0.6 is 0 Å².